The van der Waals surface area contributed by atoms with Crippen LogP contribution in [0.2, 0.25) is 0 Å². The van der Waals surface area contributed by atoms with Crippen molar-refractivity contribution >= 4 is 11.9 Å². The van der Waals surface area contributed by atoms with Crippen molar-refractivity contribution in [3.8, 4) is 0 Å². The Morgan fingerprint density at radius 2 is 2.12 bits per heavy atom. The van der Waals surface area contributed by atoms with Crippen molar-refractivity contribution < 1.29 is 14.7 Å². The lowest BCUT2D eigenvalue weighted by Crippen LogP contribution is -2.45. The maximum atomic E-state index is 11.2. The smallest absolute Gasteiger partial charge is 0.309 e. The molecular weight excluding hydrogens is 220 g/mol. The van der Waals surface area contributed by atoms with E-state index < -0.39 is 11.4 Å². The van der Waals surface area contributed by atoms with Crippen LogP contribution in [0.15, 0.2) is 0 Å². The lowest BCUT2D eigenvalue weighted by molar-refractivity contribution is -0.151. The number of carboxylic acid groups (broad SMARTS) is 1. The van der Waals surface area contributed by atoms with Gasteiger partial charge in [-0.2, -0.15) is 0 Å². The molecule has 17 heavy (non-hydrogen) atoms. The summed E-state index contributed by atoms with van der Waals surface area (Å²) in [5, 5.41) is 9.21. The van der Waals surface area contributed by atoms with Gasteiger partial charge in [0.05, 0.1) is 5.41 Å². The first-order valence-electron chi connectivity index (χ1n) is 6.08. The van der Waals surface area contributed by atoms with Gasteiger partial charge in [-0.15, -0.1) is 0 Å². The van der Waals surface area contributed by atoms with E-state index in [1.807, 2.05) is 0 Å². The van der Waals surface area contributed by atoms with E-state index in [1.54, 1.807) is 13.8 Å². The quantitative estimate of drug-likeness (QED) is 0.742. The molecule has 1 amide bonds. The first kappa shape index (κ1) is 14.0. The second-order valence-corrected chi connectivity index (χ2v) is 5.38. The van der Waals surface area contributed by atoms with Gasteiger partial charge in [0.15, 0.2) is 0 Å². The number of carbonyl (C=O) groups excluding carboxylic acids is 1. The summed E-state index contributed by atoms with van der Waals surface area (Å²) in [4.78, 5) is 24.1. The number of piperidine rings is 1. The second kappa shape index (κ2) is 5.49. The lowest BCUT2D eigenvalue weighted by atomic mass is 9.74. The molecule has 0 aliphatic carbocycles. The summed E-state index contributed by atoms with van der Waals surface area (Å²) in [7, 11) is 0. The number of nitrogens with two attached hydrogens (primary N) is 1. The minimum atomic E-state index is -0.751. The fourth-order valence-electron chi connectivity index (χ4n) is 2.29. The third kappa shape index (κ3) is 3.70. The van der Waals surface area contributed by atoms with Crippen LogP contribution >= 0.6 is 0 Å². The molecule has 0 spiro atoms. The predicted octanol–water partition coefficient (Wildman–Crippen LogP) is 0.685. The molecule has 1 heterocycles. The Kier molecular flexibility index (Phi) is 4.51. The zero-order valence-corrected chi connectivity index (χ0v) is 10.6. The molecule has 0 aromatic heterocycles. The first-order valence-corrected chi connectivity index (χ1v) is 6.08. The fraction of sp³-hybridized carbons (Fsp3) is 0.833. The van der Waals surface area contributed by atoms with E-state index in [4.69, 9.17) is 5.73 Å². The van der Waals surface area contributed by atoms with Crippen molar-refractivity contribution in [3.63, 3.8) is 0 Å². The molecule has 1 fully saturated rings. The molecular formula is C12H22N2O3. The van der Waals surface area contributed by atoms with Crippen molar-refractivity contribution in [3.05, 3.63) is 0 Å². The molecule has 1 aliphatic heterocycles. The van der Waals surface area contributed by atoms with Gasteiger partial charge in [0.25, 0.3) is 0 Å². The van der Waals surface area contributed by atoms with Crippen LogP contribution in [0.1, 0.15) is 33.1 Å². The number of nitrogens with zero attached hydrogens (tertiary/aromatic N) is 1. The van der Waals surface area contributed by atoms with Crippen molar-refractivity contribution in [2.24, 2.45) is 17.1 Å². The van der Waals surface area contributed by atoms with Gasteiger partial charge in [-0.25, -0.2) is 0 Å². The number of carboxylic acids is 1. The van der Waals surface area contributed by atoms with Gasteiger partial charge in [0.1, 0.15) is 0 Å². The van der Waals surface area contributed by atoms with Crippen molar-refractivity contribution in [1.29, 1.82) is 0 Å². The normalized spacial score (nSPS) is 22.4. The molecule has 1 saturated heterocycles. The summed E-state index contributed by atoms with van der Waals surface area (Å²) in [6.07, 6.45) is 2.27. The van der Waals surface area contributed by atoms with Gasteiger partial charge < -0.3 is 15.7 Å². The maximum Gasteiger partial charge on any atom is 0.309 e. The molecule has 0 radical (unpaired) electrons. The largest absolute Gasteiger partial charge is 0.481 e. The van der Waals surface area contributed by atoms with E-state index in [-0.39, 0.29) is 11.8 Å². The van der Waals surface area contributed by atoms with Crippen LogP contribution in [0.5, 0.6) is 0 Å². The molecule has 1 unspecified atom stereocenters. The Balaban J connectivity index is 2.54. The number of hydrogen-bond donors (Lipinski definition) is 2. The fourth-order valence-corrected chi connectivity index (χ4v) is 2.29. The monoisotopic (exact) mass is 242 g/mol. The molecule has 1 aliphatic rings. The number of carbonyl (C=O) groups is 2. The minimum Gasteiger partial charge on any atom is -0.481 e. The molecule has 0 aromatic carbocycles. The van der Waals surface area contributed by atoms with Crippen molar-refractivity contribution in [2.75, 3.05) is 19.6 Å². The van der Waals surface area contributed by atoms with Gasteiger partial charge in [0.2, 0.25) is 5.91 Å². The van der Waals surface area contributed by atoms with Crippen LogP contribution in [-0.2, 0) is 9.59 Å². The molecule has 0 saturated carbocycles. The first-order chi connectivity index (χ1) is 7.84. The summed E-state index contributed by atoms with van der Waals surface area (Å²) in [5.41, 5.74) is 4.42. The molecule has 5 heteroatoms. The number of rotatable bonds is 5. The zero-order chi connectivity index (χ0) is 13.1. The van der Waals surface area contributed by atoms with Crippen LogP contribution < -0.4 is 5.73 Å². The Bertz CT molecular complexity index is 302. The molecule has 1 rings (SSSR count). The van der Waals surface area contributed by atoms with E-state index >= 15 is 0 Å². The molecule has 0 aromatic rings. The van der Waals surface area contributed by atoms with Crippen molar-refractivity contribution in [2.45, 2.75) is 33.1 Å². The van der Waals surface area contributed by atoms with Gasteiger partial charge in [-0.1, -0.05) is 0 Å². The predicted molar refractivity (Wildman–Crippen MR) is 64.4 cm³/mol. The van der Waals surface area contributed by atoms with Crippen LogP contribution in [-0.4, -0.2) is 41.5 Å². The number of primary amides is 1. The van der Waals surface area contributed by atoms with Crippen LogP contribution in [0.4, 0.5) is 0 Å². The summed E-state index contributed by atoms with van der Waals surface area (Å²) < 4.78 is 0. The topological polar surface area (TPSA) is 83.6 Å². The number of amides is 1. The van der Waals surface area contributed by atoms with E-state index in [0.717, 1.165) is 25.9 Å². The number of likely N-dealkylation sites (tertiary alicyclic amines) is 1. The second-order valence-electron chi connectivity index (χ2n) is 5.38. The Morgan fingerprint density at radius 1 is 1.47 bits per heavy atom. The van der Waals surface area contributed by atoms with Crippen LogP contribution in [0, 0.1) is 11.3 Å². The number of aliphatic carboxylic acids is 1. The lowest BCUT2D eigenvalue weighted by Gasteiger charge is -2.39. The molecule has 5 nitrogen and oxygen atoms in total. The average Bonchev–Trinajstić information content (AvgIpc) is 2.26. The summed E-state index contributed by atoms with van der Waals surface area (Å²) in [5.74, 6) is -0.912. The Morgan fingerprint density at radius 3 is 2.65 bits per heavy atom. The van der Waals surface area contributed by atoms with Gasteiger partial charge >= 0.3 is 5.97 Å². The summed E-state index contributed by atoms with van der Waals surface area (Å²) >= 11 is 0. The Labute approximate surface area is 102 Å². The van der Waals surface area contributed by atoms with E-state index in [2.05, 4.69) is 4.90 Å². The molecule has 0 bridgehead atoms. The van der Waals surface area contributed by atoms with Crippen molar-refractivity contribution in [1.82, 2.24) is 4.90 Å². The molecule has 1 atom stereocenters. The standard InChI is InChI=1S/C12H22N2O3/c1-12(2,11(16)17)9-4-3-6-14(8-9)7-5-10(13)15/h9H,3-8H2,1-2H3,(H2,13,15)(H,16,17). The van der Waals surface area contributed by atoms with Gasteiger partial charge in [0, 0.05) is 19.5 Å². The molecule has 3 N–H and O–H groups in total. The van der Waals surface area contributed by atoms with Crippen LogP contribution in [0.3, 0.4) is 0 Å². The van der Waals surface area contributed by atoms with E-state index in [1.165, 1.54) is 0 Å². The van der Waals surface area contributed by atoms with Gasteiger partial charge in [-0.05, 0) is 39.2 Å². The minimum absolute atomic E-state index is 0.140. The van der Waals surface area contributed by atoms with E-state index in [9.17, 15) is 14.7 Å². The average molecular weight is 242 g/mol. The zero-order valence-electron chi connectivity index (χ0n) is 10.6. The highest BCUT2D eigenvalue weighted by Crippen LogP contribution is 2.34. The summed E-state index contributed by atoms with van der Waals surface area (Å²) in [6, 6.07) is 0. The SMILES string of the molecule is CC(C)(C(=O)O)C1CCCN(CCC(N)=O)C1. The van der Waals surface area contributed by atoms with Crippen LogP contribution in [0.25, 0.3) is 0 Å². The third-order valence-corrected chi connectivity index (χ3v) is 3.75. The number of hydrogen-bond acceptors (Lipinski definition) is 3. The van der Waals surface area contributed by atoms with E-state index in [0.29, 0.717) is 13.0 Å². The maximum absolute atomic E-state index is 11.2. The third-order valence-electron chi connectivity index (χ3n) is 3.75. The summed E-state index contributed by atoms with van der Waals surface area (Å²) in [6.45, 7) is 5.86. The highest BCUT2D eigenvalue weighted by atomic mass is 16.4. The van der Waals surface area contributed by atoms with Gasteiger partial charge in [-0.3, -0.25) is 9.59 Å². The highest BCUT2D eigenvalue weighted by molar-refractivity contribution is 5.74. The Hall–Kier alpha value is -1.10. The molecule has 98 valence electrons. The highest BCUT2D eigenvalue weighted by Gasteiger charge is 2.38.